The smallest absolute Gasteiger partial charge is 0.274 e. The highest BCUT2D eigenvalue weighted by Crippen LogP contribution is 2.20. The summed E-state index contributed by atoms with van der Waals surface area (Å²) in [5.74, 6) is -0.123. The Balaban J connectivity index is 1.73. The van der Waals surface area contributed by atoms with Crippen molar-refractivity contribution < 1.29 is 4.79 Å². The third kappa shape index (κ3) is 3.18. The van der Waals surface area contributed by atoms with E-state index in [2.05, 4.69) is 41.2 Å². The molecule has 24 heavy (non-hydrogen) atoms. The molecule has 1 aromatic carbocycles. The Labute approximate surface area is 141 Å². The van der Waals surface area contributed by atoms with Crippen molar-refractivity contribution in [1.82, 2.24) is 14.7 Å². The van der Waals surface area contributed by atoms with E-state index in [1.54, 1.807) is 7.05 Å². The van der Waals surface area contributed by atoms with E-state index in [9.17, 15) is 9.59 Å². The van der Waals surface area contributed by atoms with Gasteiger partial charge < -0.3 is 9.80 Å². The summed E-state index contributed by atoms with van der Waals surface area (Å²) in [6.45, 7) is 6.31. The van der Waals surface area contributed by atoms with Crippen LogP contribution in [0, 0.1) is 6.92 Å². The number of anilines is 1. The normalized spacial score (nSPS) is 17.9. The molecule has 1 aliphatic heterocycles. The van der Waals surface area contributed by atoms with Crippen LogP contribution in [0.2, 0.25) is 0 Å². The van der Waals surface area contributed by atoms with E-state index in [0.717, 1.165) is 13.1 Å². The van der Waals surface area contributed by atoms with Crippen LogP contribution in [-0.2, 0) is 7.05 Å². The summed E-state index contributed by atoms with van der Waals surface area (Å²) in [5.41, 5.74) is 2.51. The molecule has 0 bridgehead atoms. The van der Waals surface area contributed by atoms with Crippen LogP contribution in [0.4, 0.5) is 5.69 Å². The molecule has 0 N–H and O–H groups in total. The molecule has 0 saturated carbocycles. The van der Waals surface area contributed by atoms with Gasteiger partial charge in [-0.2, -0.15) is 5.10 Å². The fourth-order valence-electron chi connectivity index (χ4n) is 3.01. The van der Waals surface area contributed by atoms with Crippen LogP contribution in [0.15, 0.2) is 41.2 Å². The number of carbonyl (C=O) groups is 1. The SMILES string of the molecule is Cc1ccc(N2CCN(C(=O)c3ccc(=O)n(C)n3)[C@H](C)C2)cc1. The second-order valence-corrected chi connectivity index (χ2v) is 6.31. The second kappa shape index (κ2) is 6.47. The predicted molar refractivity (Wildman–Crippen MR) is 93.4 cm³/mol. The zero-order chi connectivity index (χ0) is 17.3. The second-order valence-electron chi connectivity index (χ2n) is 6.31. The van der Waals surface area contributed by atoms with Gasteiger partial charge in [-0.1, -0.05) is 17.7 Å². The summed E-state index contributed by atoms with van der Waals surface area (Å²) in [5, 5.41) is 4.07. The lowest BCUT2D eigenvalue weighted by molar-refractivity contribution is 0.0665. The molecule has 1 saturated heterocycles. The highest BCUT2D eigenvalue weighted by molar-refractivity contribution is 5.92. The zero-order valence-corrected chi connectivity index (χ0v) is 14.3. The molecule has 1 fully saturated rings. The molecule has 1 aromatic heterocycles. The number of hydrogen-bond donors (Lipinski definition) is 0. The lowest BCUT2D eigenvalue weighted by atomic mass is 10.1. The Kier molecular flexibility index (Phi) is 4.38. The van der Waals surface area contributed by atoms with E-state index in [0.29, 0.717) is 12.2 Å². The summed E-state index contributed by atoms with van der Waals surface area (Å²) in [4.78, 5) is 28.2. The molecule has 0 spiro atoms. The highest BCUT2D eigenvalue weighted by atomic mass is 16.2. The van der Waals surface area contributed by atoms with Gasteiger partial charge in [0.15, 0.2) is 0 Å². The van der Waals surface area contributed by atoms with Gasteiger partial charge in [-0.3, -0.25) is 9.59 Å². The van der Waals surface area contributed by atoms with Gasteiger partial charge in [-0.15, -0.1) is 0 Å². The molecule has 0 radical (unpaired) electrons. The summed E-state index contributed by atoms with van der Waals surface area (Å²) < 4.78 is 1.19. The van der Waals surface area contributed by atoms with Crippen LogP contribution in [-0.4, -0.2) is 46.3 Å². The lowest BCUT2D eigenvalue weighted by Crippen LogP contribution is -2.54. The fourth-order valence-corrected chi connectivity index (χ4v) is 3.01. The van der Waals surface area contributed by atoms with E-state index < -0.39 is 0 Å². The van der Waals surface area contributed by atoms with Crippen LogP contribution < -0.4 is 10.5 Å². The van der Waals surface area contributed by atoms with E-state index >= 15 is 0 Å². The molecule has 6 nitrogen and oxygen atoms in total. The topological polar surface area (TPSA) is 58.4 Å². The van der Waals surface area contributed by atoms with Crippen LogP contribution in [0.5, 0.6) is 0 Å². The average Bonchev–Trinajstić information content (AvgIpc) is 2.57. The van der Waals surface area contributed by atoms with Gasteiger partial charge in [0.1, 0.15) is 5.69 Å². The monoisotopic (exact) mass is 326 g/mol. The van der Waals surface area contributed by atoms with Crippen LogP contribution in [0.3, 0.4) is 0 Å². The first kappa shape index (κ1) is 16.2. The van der Waals surface area contributed by atoms with Gasteiger partial charge in [-0.25, -0.2) is 4.68 Å². The predicted octanol–water partition coefficient (Wildman–Crippen LogP) is 1.44. The van der Waals surface area contributed by atoms with Gasteiger partial charge in [0.25, 0.3) is 11.5 Å². The maximum Gasteiger partial charge on any atom is 0.274 e. The molecule has 1 aliphatic rings. The molecule has 3 rings (SSSR count). The average molecular weight is 326 g/mol. The van der Waals surface area contributed by atoms with Gasteiger partial charge >= 0.3 is 0 Å². The molecule has 2 aromatic rings. The first-order valence-corrected chi connectivity index (χ1v) is 8.12. The van der Waals surface area contributed by atoms with Crippen LogP contribution >= 0.6 is 0 Å². The first-order chi connectivity index (χ1) is 11.5. The van der Waals surface area contributed by atoms with Crippen molar-refractivity contribution in [2.45, 2.75) is 19.9 Å². The molecule has 126 valence electrons. The minimum atomic E-state index is -0.219. The maximum absolute atomic E-state index is 12.7. The molecule has 0 unspecified atom stereocenters. The van der Waals surface area contributed by atoms with E-state index in [4.69, 9.17) is 0 Å². The summed E-state index contributed by atoms with van der Waals surface area (Å²) in [6.07, 6.45) is 0. The Morgan fingerprint density at radius 1 is 1.12 bits per heavy atom. The molecule has 6 heteroatoms. The molecule has 2 heterocycles. The van der Waals surface area contributed by atoms with Crippen molar-refractivity contribution in [2.75, 3.05) is 24.5 Å². The van der Waals surface area contributed by atoms with Gasteiger partial charge in [0.2, 0.25) is 0 Å². The molecule has 0 aliphatic carbocycles. The number of benzene rings is 1. The standard InChI is InChI=1S/C18H22N4O2/c1-13-4-6-15(7-5-13)21-10-11-22(14(2)12-21)18(24)16-8-9-17(23)20(3)19-16/h4-9,14H,10-12H2,1-3H3/t14-/m1/s1. The number of aromatic nitrogens is 2. The molecule has 1 amide bonds. The van der Waals surface area contributed by atoms with E-state index in [-0.39, 0.29) is 17.5 Å². The van der Waals surface area contributed by atoms with Crippen molar-refractivity contribution >= 4 is 11.6 Å². The number of carbonyl (C=O) groups excluding carboxylic acids is 1. The fraction of sp³-hybridized carbons (Fsp3) is 0.389. The molecular formula is C18H22N4O2. The number of amides is 1. The summed E-state index contributed by atoms with van der Waals surface area (Å²) in [6, 6.07) is 11.4. The van der Waals surface area contributed by atoms with E-state index in [1.165, 1.54) is 28.1 Å². The van der Waals surface area contributed by atoms with Crippen molar-refractivity contribution in [1.29, 1.82) is 0 Å². The van der Waals surface area contributed by atoms with Crippen LogP contribution in [0.25, 0.3) is 0 Å². The first-order valence-electron chi connectivity index (χ1n) is 8.12. The minimum Gasteiger partial charge on any atom is -0.368 e. The maximum atomic E-state index is 12.7. The van der Waals surface area contributed by atoms with Crippen molar-refractivity contribution in [3.05, 3.63) is 58.0 Å². The van der Waals surface area contributed by atoms with Crippen LogP contribution in [0.1, 0.15) is 23.0 Å². The summed E-state index contributed by atoms with van der Waals surface area (Å²) >= 11 is 0. The zero-order valence-electron chi connectivity index (χ0n) is 14.3. The van der Waals surface area contributed by atoms with Gasteiger partial charge in [0, 0.05) is 44.5 Å². The van der Waals surface area contributed by atoms with Crippen molar-refractivity contribution in [3.8, 4) is 0 Å². The highest BCUT2D eigenvalue weighted by Gasteiger charge is 2.29. The molecule has 1 atom stereocenters. The molecular weight excluding hydrogens is 304 g/mol. The Morgan fingerprint density at radius 2 is 1.83 bits per heavy atom. The van der Waals surface area contributed by atoms with Gasteiger partial charge in [-0.05, 0) is 32.0 Å². The van der Waals surface area contributed by atoms with Crippen molar-refractivity contribution in [2.24, 2.45) is 7.05 Å². The number of hydrogen-bond acceptors (Lipinski definition) is 4. The number of rotatable bonds is 2. The minimum absolute atomic E-state index is 0.0755. The Hall–Kier alpha value is -2.63. The van der Waals surface area contributed by atoms with E-state index in [1.807, 2.05) is 11.8 Å². The number of nitrogens with zero attached hydrogens (tertiary/aromatic N) is 4. The number of piperazine rings is 1. The lowest BCUT2D eigenvalue weighted by Gasteiger charge is -2.40. The largest absolute Gasteiger partial charge is 0.368 e. The number of aryl methyl sites for hydroxylation is 2. The summed E-state index contributed by atoms with van der Waals surface area (Å²) in [7, 11) is 1.55. The Morgan fingerprint density at radius 3 is 2.46 bits per heavy atom. The quantitative estimate of drug-likeness (QED) is 0.838. The van der Waals surface area contributed by atoms with Crippen molar-refractivity contribution in [3.63, 3.8) is 0 Å². The third-order valence-corrected chi connectivity index (χ3v) is 4.47. The van der Waals surface area contributed by atoms with Gasteiger partial charge in [0.05, 0.1) is 0 Å². The third-order valence-electron chi connectivity index (χ3n) is 4.47. The Bertz CT molecular complexity index is 797.